The van der Waals surface area contributed by atoms with Crippen molar-refractivity contribution < 1.29 is 28.2 Å². The number of amides is 1. The van der Waals surface area contributed by atoms with E-state index < -0.39 is 33.7 Å². The van der Waals surface area contributed by atoms with Gasteiger partial charge in [0, 0.05) is 18.4 Å². The van der Waals surface area contributed by atoms with E-state index in [0.717, 1.165) is 6.07 Å². The van der Waals surface area contributed by atoms with Crippen molar-refractivity contribution >= 4 is 34.1 Å². The number of ether oxygens (including phenoxy) is 2. The van der Waals surface area contributed by atoms with Crippen molar-refractivity contribution in [1.82, 2.24) is 0 Å². The van der Waals surface area contributed by atoms with Gasteiger partial charge in [0.2, 0.25) is 0 Å². The molecule has 2 aromatic carbocycles. The van der Waals surface area contributed by atoms with E-state index in [1.165, 1.54) is 44.6 Å². The van der Waals surface area contributed by atoms with Crippen molar-refractivity contribution in [3.63, 3.8) is 0 Å². The number of nitro groups is 1. The van der Waals surface area contributed by atoms with Gasteiger partial charge in [-0.15, -0.1) is 0 Å². The van der Waals surface area contributed by atoms with Gasteiger partial charge in [-0.25, -0.2) is 4.79 Å². The fourth-order valence-corrected chi connectivity index (χ4v) is 3.04. The first-order valence-electron chi connectivity index (χ1n) is 8.01. The molecule has 0 unspecified atom stereocenters. The third-order valence-corrected chi connectivity index (χ3v) is 4.70. The smallest absolute Gasteiger partial charge is 0.340 e. The number of nitro benzene ring substituents is 1. The molecule has 0 spiro atoms. The van der Waals surface area contributed by atoms with E-state index in [9.17, 15) is 23.9 Å². The number of non-ortho nitro benzene ring substituents is 1. The monoisotopic (exact) mass is 406 g/mol. The quantitative estimate of drug-likeness (QED) is 0.425. The number of hydrogen-bond acceptors (Lipinski definition) is 7. The maximum atomic E-state index is 12.4. The molecule has 0 heterocycles. The number of esters is 1. The molecule has 0 aliphatic rings. The molecule has 0 aliphatic carbocycles. The third-order valence-electron chi connectivity index (χ3n) is 3.72. The highest BCUT2D eigenvalue weighted by Crippen LogP contribution is 2.29. The molecule has 1 N–H and O–H groups in total. The molecule has 0 bridgehead atoms. The van der Waals surface area contributed by atoms with Crippen LogP contribution < -0.4 is 10.1 Å². The summed E-state index contributed by atoms with van der Waals surface area (Å²) in [5.74, 6) is -1.30. The Morgan fingerprint density at radius 1 is 1.21 bits per heavy atom. The van der Waals surface area contributed by atoms with Crippen LogP contribution in [0.3, 0.4) is 0 Å². The summed E-state index contributed by atoms with van der Waals surface area (Å²) in [4.78, 5) is 35.3. The lowest BCUT2D eigenvalue weighted by Crippen LogP contribution is -2.30. The van der Waals surface area contributed by atoms with Crippen LogP contribution >= 0.6 is 0 Å². The Bertz CT molecular complexity index is 945. The average Bonchev–Trinajstić information content (AvgIpc) is 2.67. The van der Waals surface area contributed by atoms with E-state index in [0.29, 0.717) is 4.90 Å². The fraction of sp³-hybridized carbons (Fsp3) is 0.222. The van der Waals surface area contributed by atoms with Crippen molar-refractivity contribution in [3.05, 3.63) is 58.1 Å². The first-order chi connectivity index (χ1) is 13.2. The molecule has 2 aromatic rings. The molecule has 148 valence electrons. The predicted octanol–water partition coefficient (Wildman–Crippen LogP) is 2.52. The lowest BCUT2D eigenvalue weighted by molar-refractivity contribution is -0.384. The summed E-state index contributed by atoms with van der Waals surface area (Å²) in [7, 11) is -0.0621. The van der Waals surface area contributed by atoms with Crippen molar-refractivity contribution in [3.8, 4) is 5.75 Å². The second kappa shape index (κ2) is 9.09. The number of rotatable bonds is 7. The van der Waals surface area contributed by atoms with Crippen LogP contribution in [0.5, 0.6) is 5.75 Å². The molecule has 28 heavy (non-hydrogen) atoms. The van der Waals surface area contributed by atoms with Crippen molar-refractivity contribution in [2.24, 2.45) is 0 Å². The Morgan fingerprint density at radius 3 is 2.50 bits per heavy atom. The lowest BCUT2D eigenvalue weighted by Gasteiger charge is -2.16. The van der Waals surface area contributed by atoms with Crippen LogP contribution in [0, 0.1) is 10.1 Å². The Hall–Kier alpha value is -3.27. The van der Waals surface area contributed by atoms with E-state index in [1.54, 1.807) is 12.1 Å². The highest BCUT2D eigenvalue weighted by Gasteiger charge is 2.23. The summed E-state index contributed by atoms with van der Waals surface area (Å²) in [6.07, 6.45) is 0.214. The lowest BCUT2D eigenvalue weighted by atomic mass is 10.2. The van der Waals surface area contributed by atoms with Crippen LogP contribution in [0.2, 0.25) is 0 Å². The van der Waals surface area contributed by atoms with Gasteiger partial charge in [0.15, 0.2) is 6.10 Å². The standard InChI is InChI=1S/C18H18N2O7S/c1-11(27-18(22)13-6-4-5-7-16(13)28(3)25)17(21)19-14-10-12(20(23)24)8-9-15(14)26-2/h4-11H,1-3H3,(H,19,21)/t11-,28+/m0/s1. The molecule has 2 rings (SSSR count). The highest BCUT2D eigenvalue weighted by molar-refractivity contribution is 7.84. The van der Waals surface area contributed by atoms with Gasteiger partial charge in [-0.3, -0.25) is 19.1 Å². The van der Waals surface area contributed by atoms with Gasteiger partial charge in [0.25, 0.3) is 11.6 Å². The van der Waals surface area contributed by atoms with Crippen LogP contribution in [-0.2, 0) is 20.3 Å². The van der Waals surface area contributed by atoms with Crippen molar-refractivity contribution in [2.75, 3.05) is 18.7 Å². The fourth-order valence-electron chi connectivity index (χ4n) is 2.31. The van der Waals surface area contributed by atoms with Crippen molar-refractivity contribution in [2.45, 2.75) is 17.9 Å². The van der Waals surface area contributed by atoms with E-state index in [1.807, 2.05) is 0 Å². The Kier molecular flexibility index (Phi) is 6.83. The van der Waals surface area contributed by atoms with Crippen LogP contribution in [0.25, 0.3) is 0 Å². The van der Waals surface area contributed by atoms with Gasteiger partial charge in [-0.05, 0) is 25.1 Å². The zero-order chi connectivity index (χ0) is 20.8. The first-order valence-corrected chi connectivity index (χ1v) is 9.57. The second-order valence-corrected chi connectivity index (χ2v) is 6.98. The molecule has 9 nitrogen and oxygen atoms in total. The summed E-state index contributed by atoms with van der Waals surface area (Å²) in [6.45, 7) is 1.35. The van der Waals surface area contributed by atoms with E-state index in [4.69, 9.17) is 9.47 Å². The summed E-state index contributed by atoms with van der Waals surface area (Å²) in [6, 6.07) is 9.93. The average molecular weight is 406 g/mol. The largest absolute Gasteiger partial charge is 0.495 e. The normalized spacial score (nSPS) is 12.5. The Labute approximate surface area is 163 Å². The van der Waals surface area contributed by atoms with Gasteiger partial charge in [0.1, 0.15) is 5.75 Å². The zero-order valence-corrected chi connectivity index (χ0v) is 16.1. The number of hydrogen-bond donors (Lipinski definition) is 1. The molecule has 0 saturated heterocycles. The molecule has 10 heteroatoms. The van der Waals surface area contributed by atoms with Crippen LogP contribution in [0.1, 0.15) is 17.3 Å². The summed E-state index contributed by atoms with van der Waals surface area (Å²) >= 11 is 0. The molecule has 0 aromatic heterocycles. The Morgan fingerprint density at radius 2 is 1.89 bits per heavy atom. The molecule has 0 fully saturated rings. The molecular weight excluding hydrogens is 388 g/mol. The van der Waals surface area contributed by atoms with Gasteiger partial charge < -0.3 is 14.8 Å². The van der Waals surface area contributed by atoms with Crippen molar-refractivity contribution in [1.29, 1.82) is 0 Å². The molecule has 0 saturated carbocycles. The molecule has 1 amide bonds. The van der Waals surface area contributed by atoms with Crippen LogP contribution in [-0.4, -0.2) is 40.5 Å². The number of methoxy groups -OCH3 is 1. The second-order valence-electron chi connectivity index (χ2n) is 5.63. The number of nitrogens with one attached hydrogen (secondary N) is 1. The third kappa shape index (κ3) is 4.92. The minimum Gasteiger partial charge on any atom is -0.495 e. The number of carbonyl (C=O) groups excluding carboxylic acids is 2. The van der Waals surface area contributed by atoms with Crippen LogP contribution in [0.4, 0.5) is 11.4 Å². The minimum atomic E-state index is -1.41. The van der Waals surface area contributed by atoms with E-state index in [2.05, 4.69) is 5.32 Å². The number of benzene rings is 2. The van der Waals surface area contributed by atoms with Gasteiger partial charge in [-0.2, -0.15) is 0 Å². The molecule has 0 aliphatic heterocycles. The maximum absolute atomic E-state index is 12.4. The predicted molar refractivity (Wildman–Crippen MR) is 102 cm³/mol. The molecule has 2 atom stereocenters. The maximum Gasteiger partial charge on any atom is 0.340 e. The van der Waals surface area contributed by atoms with Gasteiger partial charge >= 0.3 is 5.97 Å². The topological polar surface area (TPSA) is 125 Å². The Balaban J connectivity index is 2.16. The zero-order valence-electron chi connectivity index (χ0n) is 15.3. The summed E-state index contributed by atoms with van der Waals surface area (Å²) < 4.78 is 22.0. The summed E-state index contributed by atoms with van der Waals surface area (Å²) in [5.41, 5.74) is -0.0734. The number of anilines is 1. The van der Waals surface area contributed by atoms with Gasteiger partial charge in [-0.1, -0.05) is 12.1 Å². The van der Waals surface area contributed by atoms with Gasteiger partial charge in [0.05, 0.1) is 39.0 Å². The minimum absolute atomic E-state index is 0.0691. The number of carbonyl (C=O) groups is 2. The molecule has 0 radical (unpaired) electrons. The van der Waals surface area contributed by atoms with E-state index >= 15 is 0 Å². The SMILES string of the molecule is COc1ccc([N+](=O)[O-])cc1NC(=O)[C@H](C)OC(=O)c1ccccc1[S@@](C)=O. The van der Waals surface area contributed by atoms with E-state index in [-0.39, 0.29) is 22.7 Å². The first kappa shape index (κ1) is 21.0. The highest BCUT2D eigenvalue weighted by atomic mass is 32.2. The molecular formula is C18H18N2O7S. The summed E-state index contributed by atoms with van der Waals surface area (Å²) in [5, 5.41) is 13.4. The number of nitrogens with zero attached hydrogens (tertiary/aromatic N) is 1. The van der Waals surface area contributed by atoms with Crippen LogP contribution in [0.15, 0.2) is 47.4 Å².